The van der Waals surface area contributed by atoms with Crippen LogP contribution in [-0.4, -0.2) is 35.2 Å². The molecule has 20 heavy (non-hydrogen) atoms. The number of nitrogens with one attached hydrogen (secondary N) is 1. The van der Waals surface area contributed by atoms with E-state index in [1.807, 2.05) is 5.32 Å². The van der Waals surface area contributed by atoms with Crippen molar-refractivity contribution in [1.29, 1.82) is 0 Å². The molecule has 4 nitrogen and oxygen atoms in total. The summed E-state index contributed by atoms with van der Waals surface area (Å²) in [6.45, 7) is -2.34. The molecule has 0 spiro atoms. The van der Waals surface area contributed by atoms with E-state index >= 15 is 0 Å². The van der Waals surface area contributed by atoms with E-state index in [1.165, 1.54) is 6.07 Å². The van der Waals surface area contributed by atoms with Crippen LogP contribution in [0.3, 0.4) is 0 Å². The zero-order valence-corrected chi connectivity index (χ0v) is 10.4. The third-order valence-corrected chi connectivity index (χ3v) is 2.88. The van der Waals surface area contributed by atoms with E-state index in [-0.39, 0.29) is 11.3 Å². The van der Waals surface area contributed by atoms with E-state index in [0.29, 0.717) is 5.39 Å². The minimum absolute atomic E-state index is 0.0857. The molecular weight excluding hydrogens is 268 g/mol. The van der Waals surface area contributed by atoms with E-state index in [1.54, 1.807) is 30.3 Å². The van der Waals surface area contributed by atoms with Crippen molar-refractivity contribution in [2.75, 3.05) is 13.2 Å². The molecule has 0 aliphatic heterocycles. The van der Waals surface area contributed by atoms with Crippen LogP contribution in [0.4, 0.5) is 8.78 Å². The molecular formula is C14H13F2NO3. The Morgan fingerprint density at radius 1 is 1.20 bits per heavy atom. The molecule has 0 fully saturated rings. The molecule has 0 heterocycles. The lowest BCUT2D eigenvalue weighted by Crippen LogP contribution is -2.39. The van der Waals surface area contributed by atoms with Crippen LogP contribution in [0.15, 0.2) is 36.4 Å². The number of carbonyl (C=O) groups is 1. The van der Waals surface area contributed by atoms with Gasteiger partial charge in [0.2, 0.25) is 0 Å². The van der Waals surface area contributed by atoms with Gasteiger partial charge in [0, 0.05) is 5.39 Å². The molecule has 1 amide bonds. The first-order chi connectivity index (χ1) is 9.44. The average molecular weight is 281 g/mol. The second kappa shape index (κ2) is 5.42. The number of fused-ring (bicyclic) bond motifs is 1. The predicted molar refractivity (Wildman–Crippen MR) is 70.0 cm³/mol. The van der Waals surface area contributed by atoms with Crippen LogP contribution >= 0.6 is 0 Å². The van der Waals surface area contributed by atoms with E-state index in [2.05, 4.69) is 0 Å². The van der Waals surface area contributed by atoms with Crippen molar-refractivity contribution < 1.29 is 23.8 Å². The molecule has 3 N–H and O–H groups in total. The highest BCUT2D eigenvalue weighted by molar-refractivity contribution is 6.03. The van der Waals surface area contributed by atoms with Crippen molar-refractivity contribution in [2.45, 2.75) is 5.92 Å². The molecule has 0 saturated carbocycles. The Kier molecular flexibility index (Phi) is 3.85. The number of benzene rings is 2. The molecule has 106 valence electrons. The molecule has 0 aliphatic carbocycles. The minimum atomic E-state index is -3.39. The van der Waals surface area contributed by atoms with Crippen LogP contribution < -0.4 is 5.32 Å². The van der Waals surface area contributed by atoms with Crippen LogP contribution in [0.2, 0.25) is 0 Å². The molecule has 0 bridgehead atoms. The van der Waals surface area contributed by atoms with Gasteiger partial charge in [-0.05, 0) is 11.5 Å². The third kappa shape index (κ3) is 2.85. The van der Waals surface area contributed by atoms with E-state index in [9.17, 15) is 18.7 Å². The Balaban J connectivity index is 2.25. The Bertz CT molecular complexity index is 643. The monoisotopic (exact) mass is 281 g/mol. The first-order valence-electron chi connectivity index (χ1n) is 5.92. The maximum Gasteiger partial charge on any atom is 0.287 e. The molecule has 0 aliphatic rings. The van der Waals surface area contributed by atoms with Crippen molar-refractivity contribution in [2.24, 2.45) is 0 Å². The molecule has 2 aromatic carbocycles. The maximum absolute atomic E-state index is 12.9. The van der Waals surface area contributed by atoms with Gasteiger partial charge in [-0.3, -0.25) is 4.79 Å². The molecule has 0 atom stereocenters. The number of aromatic hydroxyl groups is 1. The summed E-state index contributed by atoms with van der Waals surface area (Å²) >= 11 is 0. The maximum atomic E-state index is 12.9. The van der Waals surface area contributed by atoms with E-state index in [0.717, 1.165) is 5.39 Å². The van der Waals surface area contributed by atoms with Crippen molar-refractivity contribution in [3.8, 4) is 5.75 Å². The summed E-state index contributed by atoms with van der Waals surface area (Å²) < 4.78 is 25.7. The summed E-state index contributed by atoms with van der Waals surface area (Å²) in [6, 6.07) is 9.85. The van der Waals surface area contributed by atoms with Crippen LogP contribution in [0, 0.1) is 0 Å². The SMILES string of the molecule is O=C(NCC(F)(F)CO)c1ccc2ccccc2c1O. The van der Waals surface area contributed by atoms with Crippen molar-refractivity contribution >= 4 is 16.7 Å². The molecule has 6 heteroatoms. The van der Waals surface area contributed by atoms with Gasteiger partial charge in [-0.15, -0.1) is 0 Å². The van der Waals surface area contributed by atoms with Crippen molar-refractivity contribution in [3.05, 3.63) is 42.0 Å². The average Bonchev–Trinajstić information content (AvgIpc) is 2.45. The summed E-state index contributed by atoms with van der Waals surface area (Å²) in [5.41, 5.74) is -0.0857. The fraction of sp³-hybridized carbons (Fsp3) is 0.214. The first-order valence-corrected chi connectivity index (χ1v) is 5.92. The highest BCUT2D eigenvalue weighted by atomic mass is 19.3. The van der Waals surface area contributed by atoms with Crippen LogP contribution in [0.5, 0.6) is 5.75 Å². The summed E-state index contributed by atoms with van der Waals surface area (Å²) in [7, 11) is 0. The fourth-order valence-corrected chi connectivity index (χ4v) is 1.80. The lowest BCUT2D eigenvalue weighted by Gasteiger charge is -2.14. The Hall–Kier alpha value is -2.21. The quantitative estimate of drug-likeness (QED) is 0.801. The number of halogens is 2. The fourth-order valence-electron chi connectivity index (χ4n) is 1.80. The van der Waals surface area contributed by atoms with Crippen molar-refractivity contribution in [3.63, 3.8) is 0 Å². The number of aliphatic hydroxyl groups excluding tert-OH is 1. The number of carbonyl (C=O) groups excluding carboxylic acids is 1. The Morgan fingerprint density at radius 2 is 1.90 bits per heavy atom. The molecule has 2 rings (SSSR count). The van der Waals surface area contributed by atoms with E-state index < -0.39 is 25.0 Å². The van der Waals surface area contributed by atoms with Gasteiger partial charge < -0.3 is 15.5 Å². The minimum Gasteiger partial charge on any atom is -0.506 e. The standard InChI is InChI=1S/C14H13F2NO3/c15-14(16,8-18)7-17-13(20)11-6-5-9-3-1-2-4-10(9)12(11)19/h1-6,18-19H,7-8H2,(H,17,20). The number of phenolic OH excluding ortho intramolecular Hbond substituents is 1. The van der Waals surface area contributed by atoms with Gasteiger partial charge in [0.1, 0.15) is 12.4 Å². The Labute approximate surface area is 113 Å². The van der Waals surface area contributed by atoms with Crippen LogP contribution in [-0.2, 0) is 0 Å². The largest absolute Gasteiger partial charge is 0.506 e. The molecule has 2 aromatic rings. The molecule has 0 unspecified atom stereocenters. The zero-order valence-electron chi connectivity index (χ0n) is 10.4. The Morgan fingerprint density at radius 3 is 2.60 bits per heavy atom. The van der Waals surface area contributed by atoms with Gasteiger partial charge in [-0.1, -0.05) is 30.3 Å². The van der Waals surface area contributed by atoms with E-state index in [4.69, 9.17) is 5.11 Å². The van der Waals surface area contributed by atoms with Gasteiger partial charge in [0.05, 0.1) is 12.1 Å². The number of aliphatic hydroxyl groups is 1. The lowest BCUT2D eigenvalue weighted by atomic mass is 10.0. The topological polar surface area (TPSA) is 69.6 Å². The molecule has 0 saturated heterocycles. The zero-order chi connectivity index (χ0) is 14.8. The van der Waals surface area contributed by atoms with Crippen molar-refractivity contribution in [1.82, 2.24) is 5.32 Å². The number of rotatable bonds is 4. The summed E-state index contributed by atoms with van der Waals surface area (Å²) in [5.74, 6) is -4.46. The third-order valence-electron chi connectivity index (χ3n) is 2.88. The number of alkyl halides is 2. The number of hydrogen-bond donors (Lipinski definition) is 3. The highest BCUT2D eigenvalue weighted by Gasteiger charge is 2.28. The van der Waals surface area contributed by atoms with Crippen LogP contribution in [0.1, 0.15) is 10.4 Å². The van der Waals surface area contributed by atoms with Gasteiger partial charge in [-0.2, -0.15) is 0 Å². The number of phenols is 1. The predicted octanol–water partition coefficient (Wildman–Crippen LogP) is 1.90. The molecule has 0 aromatic heterocycles. The van der Waals surface area contributed by atoms with Gasteiger partial charge in [-0.25, -0.2) is 8.78 Å². The van der Waals surface area contributed by atoms with Crippen LogP contribution in [0.25, 0.3) is 10.8 Å². The highest BCUT2D eigenvalue weighted by Crippen LogP contribution is 2.28. The summed E-state index contributed by atoms with van der Waals surface area (Å²) in [4.78, 5) is 11.8. The van der Waals surface area contributed by atoms with Gasteiger partial charge in [0.25, 0.3) is 11.8 Å². The summed E-state index contributed by atoms with van der Waals surface area (Å²) in [6.07, 6.45) is 0. The number of hydrogen-bond acceptors (Lipinski definition) is 3. The smallest absolute Gasteiger partial charge is 0.287 e. The normalized spacial score (nSPS) is 11.6. The first kappa shape index (κ1) is 14.2. The second-order valence-electron chi connectivity index (χ2n) is 4.38. The lowest BCUT2D eigenvalue weighted by molar-refractivity contribution is -0.0462. The number of amides is 1. The second-order valence-corrected chi connectivity index (χ2v) is 4.38. The molecule has 0 radical (unpaired) electrons. The summed E-state index contributed by atoms with van der Waals surface area (Å²) in [5, 5.41) is 21.6. The van der Waals surface area contributed by atoms with Gasteiger partial charge >= 0.3 is 0 Å². The van der Waals surface area contributed by atoms with Gasteiger partial charge in [0.15, 0.2) is 0 Å².